The number of morpholine rings is 1. The summed E-state index contributed by atoms with van der Waals surface area (Å²) in [6.45, 7) is 1.48. The molecule has 0 aromatic heterocycles. The van der Waals surface area contributed by atoms with Crippen molar-refractivity contribution in [3.8, 4) is 0 Å². The molecule has 148 valence electrons. The van der Waals surface area contributed by atoms with E-state index in [1.165, 1.54) is 27.9 Å². The Labute approximate surface area is 165 Å². The molecule has 1 N–H and O–H groups in total. The van der Waals surface area contributed by atoms with Gasteiger partial charge in [0.25, 0.3) is 5.91 Å². The molecule has 0 atom stereocenters. The highest BCUT2D eigenvalue weighted by molar-refractivity contribution is 7.89. The number of carbonyl (C=O) groups excluding carboxylic acids is 1. The number of sulfonamides is 1. The highest BCUT2D eigenvalue weighted by atomic mass is 32.2. The molecule has 1 aliphatic heterocycles. The van der Waals surface area contributed by atoms with Gasteiger partial charge in [0.1, 0.15) is 0 Å². The third-order valence-corrected chi connectivity index (χ3v) is 7.21. The topological polar surface area (TPSA) is 75.7 Å². The number of nitrogens with zero attached hydrogens (tertiary/aromatic N) is 1. The summed E-state index contributed by atoms with van der Waals surface area (Å²) in [7, 11) is -3.60. The standard InChI is InChI=1S/C21H24N2O4S/c24-21(18-9-8-16-4-1-2-5-17(16)14-18)22-19-6-3-7-20(15-19)28(25,26)23-10-12-27-13-11-23/h3,6-9,14-15H,1-2,4-5,10-13H2,(H,22,24). The maximum absolute atomic E-state index is 12.8. The number of rotatable bonds is 4. The molecule has 0 bridgehead atoms. The molecule has 28 heavy (non-hydrogen) atoms. The van der Waals surface area contributed by atoms with Crippen LogP contribution >= 0.6 is 0 Å². The van der Waals surface area contributed by atoms with E-state index in [1.807, 2.05) is 18.2 Å². The maximum Gasteiger partial charge on any atom is 0.255 e. The number of benzene rings is 2. The molecule has 0 spiro atoms. The first-order valence-electron chi connectivity index (χ1n) is 9.65. The monoisotopic (exact) mass is 400 g/mol. The molecule has 4 rings (SSSR count). The lowest BCUT2D eigenvalue weighted by Gasteiger charge is -2.26. The predicted molar refractivity (Wildman–Crippen MR) is 107 cm³/mol. The molecule has 1 saturated heterocycles. The fourth-order valence-electron chi connectivity index (χ4n) is 3.75. The van der Waals surface area contributed by atoms with Gasteiger partial charge in [-0.2, -0.15) is 4.31 Å². The molecular weight excluding hydrogens is 376 g/mol. The van der Waals surface area contributed by atoms with Crippen molar-refractivity contribution in [2.24, 2.45) is 0 Å². The van der Waals surface area contributed by atoms with E-state index in [-0.39, 0.29) is 10.8 Å². The molecule has 0 unspecified atom stereocenters. The number of aryl methyl sites for hydroxylation is 2. The predicted octanol–water partition coefficient (Wildman–Crippen LogP) is 2.84. The number of hydrogen-bond donors (Lipinski definition) is 1. The van der Waals surface area contributed by atoms with E-state index in [2.05, 4.69) is 5.32 Å². The Morgan fingerprint density at radius 1 is 0.964 bits per heavy atom. The lowest BCUT2D eigenvalue weighted by Crippen LogP contribution is -2.40. The first-order chi connectivity index (χ1) is 13.5. The van der Waals surface area contributed by atoms with Gasteiger partial charge in [0.05, 0.1) is 18.1 Å². The molecule has 6 nitrogen and oxygen atoms in total. The molecule has 2 aromatic carbocycles. The Morgan fingerprint density at radius 2 is 1.71 bits per heavy atom. The Kier molecular flexibility index (Phi) is 5.48. The van der Waals surface area contributed by atoms with Crippen molar-refractivity contribution in [2.45, 2.75) is 30.6 Å². The lowest BCUT2D eigenvalue weighted by atomic mass is 9.90. The van der Waals surface area contributed by atoms with Crippen LogP contribution in [0.5, 0.6) is 0 Å². The summed E-state index contributed by atoms with van der Waals surface area (Å²) in [4.78, 5) is 12.9. The van der Waals surface area contributed by atoms with Crippen molar-refractivity contribution in [3.05, 3.63) is 59.2 Å². The van der Waals surface area contributed by atoms with Gasteiger partial charge in [-0.1, -0.05) is 12.1 Å². The van der Waals surface area contributed by atoms with E-state index in [9.17, 15) is 13.2 Å². The second-order valence-electron chi connectivity index (χ2n) is 7.19. The summed E-state index contributed by atoms with van der Waals surface area (Å²) in [5.74, 6) is -0.228. The van der Waals surface area contributed by atoms with E-state index in [1.54, 1.807) is 18.2 Å². The van der Waals surface area contributed by atoms with Crippen LogP contribution in [0.25, 0.3) is 0 Å². The Balaban J connectivity index is 1.52. The van der Waals surface area contributed by atoms with Crippen LogP contribution in [0, 0.1) is 0 Å². The van der Waals surface area contributed by atoms with Gasteiger partial charge in [-0.25, -0.2) is 8.42 Å². The minimum Gasteiger partial charge on any atom is -0.379 e. The van der Waals surface area contributed by atoms with Gasteiger partial charge in [0.2, 0.25) is 10.0 Å². The van der Waals surface area contributed by atoms with Crippen LogP contribution < -0.4 is 5.32 Å². The van der Waals surface area contributed by atoms with Crippen LogP contribution in [0.1, 0.15) is 34.3 Å². The van der Waals surface area contributed by atoms with Crippen LogP contribution in [0.4, 0.5) is 5.69 Å². The van der Waals surface area contributed by atoms with Gasteiger partial charge in [-0.05, 0) is 67.1 Å². The van der Waals surface area contributed by atoms with E-state index in [0.29, 0.717) is 37.6 Å². The molecule has 7 heteroatoms. The quantitative estimate of drug-likeness (QED) is 0.856. The highest BCUT2D eigenvalue weighted by Crippen LogP contribution is 2.24. The number of hydrogen-bond acceptors (Lipinski definition) is 4. The third-order valence-electron chi connectivity index (χ3n) is 5.31. The van der Waals surface area contributed by atoms with E-state index < -0.39 is 10.0 Å². The summed E-state index contributed by atoms with van der Waals surface area (Å²) in [6, 6.07) is 12.2. The molecule has 0 radical (unpaired) electrons. The average molecular weight is 401 g/mol. The van der Waals surface area contributed by atoms with Crippen LogP contribution in [0.2, 0.25) is 0 Å². The number of carbonyl (C=O) groups is 1. The number of amides is 1. The summed E-state index contributed by atoms with van der Waals surface area (Å²) >= 11 is 0. The first kappa shape index (κ1) is 19.1. The van der Waals surface area contributed by atoms with Crippen molar-refractivity contribution < 1.29 is 17.9 Å². The van der Waals surface area contributed by atoms with Crippen molar-refractivity contribution in [1.82, 2.24) is 4.31 Å². The fraction of sp³-hybridized carbons (Fsp3) is 0.381. The third kappa shape index (κ3) is 3.97. The van der Waals surface area contributed by atoms with E-state index in [0.717, 1.165) is 19.3 Å². The van der Waals surface area contributed by atoms with Gasteiger partial charge >= 0.3 is 0 Å². The van der Waals surface area contributed by atoms with Gasteiger partial charge in [0.15, 0.2) is 0 Å². The first-order valence-corrected chi connectivity index (χ1v) is 11.1. The highest BCUT2D eigenvalue weighted by Gasteiger charge is 2.26. The molecule has 1 aliphatic carbocycles. The normalized spacial score (nSPS) is 17.7. The van der Waals surface area contributed by atoms with Crippen molar-refractivity contribution >= 4 is 21.6 Å². The maximum atomic E-state index is 12.8. The minimum absolute atomic E-state index is 0.178. The fourth-order valence-corrected chi connectivity index (χ4v) is 5.20. The average Bonchev–Trinajstić information content (AvgIpc) is 2.74. The Bertz CT molecular complexity index is 982. The summed E-state index contributed by atoms with van der Waals surface area (Å²) < 4.78 is 32.3. The zero-order chi connectivity index (χ0) is 19.6. The summed E-state index contributed by atoms with van der Waals surface area (Å²) in [6.07, 6.45) is 4.42. The zero-order valence-electron chi connectivity index (χ0n) is 15.7. The minimum atomic E-state index is -3.60. The number of ether oxygens (including phenoxy) is 1. The number of fused-ring (bicyclic) bond motifs is 1. The lowest BCUT2D eigenvalue weighted by molar-refractivity contribution is 0.0730. The number of nitrogens with one attached hydrogen (secondary N) is 1. The van der Waals surface area contributed by atoms with Gasteiger partial charge < -0.3 is 10.1 Å². The van der Waals surface area contributed by atoms with Crippen molar-refractivity contribution in [2.75, 3.05) is 31.6 Å². The van der Waals surface area contributed by atoms with E-state index >= 15 is 0 Å². The molecule has 2 aliphatic rings. The largest absolute Gasteiger partial charge is 0.379 e. The summed E-state index contributed by atoms with van der Waals surface area (Å²) in [5, 5.41) is 2.83. The summed E-state index contributed by atoms with van der Waals surface area (Å²) in [5.41, 5.74) is 3.63. The van der Waals surface area contributed by atoms with Gasteiger partial charge in [-0.15, -0.1) is 0 Å². The smallest absolute Gasteiger partial charge is 0.255 e. The van der Waals surface area contributed by atoms with Crippen LogP contribution in [0.3, 0.4) is 0 Å². The van der Waals surface area contributed by atoms with Crippen molar-refractivity contribution in [3.63, 3.8) is 0 Å². The molecule has 1 amide bonds. The number of anilines is 1. The molecule has 1 heterocycles. The van der Waals surface area contributed by atoms with Gasteiger partial charge in [0, 0.05) is 24.3 Å². The van der Waals surface area contributed by atoms with Gasteiger partial charge in [-0.3, -0.25) is 4.79 Å². The molecule has 1 fully saturated rings. The second-order valence-corrected chi connectivity index (χ2v) is 9.13. The van der Waals surface area contributed by atoms with Crippen LogP contribution in [0.15, 0.2) is 47.4 Å². The van der Waals surface area contributed by atoms with Crippen LogP contribution in [-0.4, -0.2) is 44.9 Å². The van der Waals surface area contributed by atoms with Crippen molar-refractivity contribution in [1.29, 1.82) is 0 Å². The second kappa shape index (κ2) is 8.03. The molecule has 2 aromatic rings. The Morgan fingerprint density at radius 3 is 2.50 bits per heavy atom. The van der Waals surface area contributed by atoms with E-state index in [4.69, 9.17) is 4.74 Å². The molecule has 0 saturated carbocycles. The van der Waals surface area contributed by atoms with Crippen LogP contribution in [-0.2, 0) is 27.6 Å². The molecular formula is C21H24N2O4S. The SMILES string of the molecule is O=C(Nc1cccc(S(=O)(=O)N2CCOCC2)c1)c1ccc2c(c1)CCCC2. The zero-order valence-corrected chi connectivity index (χ0v) is 16.5. The Hall–Kier alpha value is -2.22.